The fourth-order valence-electron chi connectivity index (χ4n) is 12.9. The first-order chi connectivity index (χ1) is 52.7. The second kappa shape index (κ2) is 48.3. The van der Waals surface area contributed by atoms with Crippen LogP contribution in [0.1, 0.15) is 164 Å². The van der Waals surface area contributed by atoms with E-state index in [1.54, 1.807) is 0 Å². The van der Waals surface area contributed by atoms with Crippen LogP contribution < -0.4 is 47.3 Å². The second-order valence-electron chi connectivity index (χ2n) is 27.4. The molecule has 31 nitrogen and oxygen atoms in total. The van der Waals surface area contributed by atoms with Gasteiger partial charge in [0.2, 0.25) is 29.5 Å². The van der Waals surface area contributed by atoms with E-state index in [2.05, 4.69) is 77.1 Å². The summed E-state index contributed by atoms with van der Waals surface area (Å²) < 4.78 is 54.5. The molecule has 0 spiro atoms. The Balaban J connectivity index is 0.762. The van der Waals surface area contributed by atoms with Crippen LogP contribution in [0.3, 0.4) is 0 Å². The third kappa shape index (κ3) is 30.1. The van der Waals surface area contributed by atoms with Crippen molar-refractivity contribution in [3.8, 4) is 28.3 Å². The number of fused-ring (bicyclic) bond motifs is 5. The molecule has 2 fully saturated rings. The molecule has 109 heavy (non-hydrogen) atoms. The van der Waals surface area contributed by atoms with Crippen molar-refractivity contribution in [1.82, 2.24) is 52.2 Å². The van der Waals surface area contributed by atoms with Crippen molar-refractivity contribution in [2.45, 2.75) is 200 Å². The topological polar surface area (TPSA) is 404 Å². The summed E-state index contributed by atoms with van der Waals surface area (Å²) in [6.45, 7) is 15.2. The standard InChI is InChI=1S/C78H115N11O20/c1-7-64-73(97)51(3)69(85-53(5)90)77(108-64)106-36-15-13-25-66(94)79-30-17-20-58(92)27-32-82-75(99)56-47-57(76(100)83-33-28-59(93)21-18-31-80-67(95)26-14-16-37-107-78-70(86-54(6)91)52(4)74(98)65(8-2)109-78)49-60(48-56)105-39-34-81-68(96)29-38-101-41-43-103-45-46-104-44-42-102-40-35-89-72-62-23-11-12-24-63(62)84-50-55-19-9-10-22-61(55)71(72)87-88-89/h9-12,19,22-24,47-49,51-52,64-65,69-70,73-74,77-78,84,97-98H,7-8,13-18,20-21,25-46,50H2,1-6H3,(H,79,94)(H,80,95)(H,81,96)(H,82,99)(H,83,100)(H,85,90)(H,86,91). The molecule has 0 saturated carbocycles. The minimum atomic E-state index is -0.752. The van der Waals surface area contributed by atoms with E-state index in [4.69, 9.17) is 42.6 Å². The van der Waals surface area contributed by atoms with Crippen LogP contribution in [0.2, 0.25) is 0 Å². The monoisotopic (exact) mass is 1530 g/mol. The van der Waals surface area contributed by atoms with Gasteiger partial charge in [-0.2, -0.15) is 0 Å². The van der Waals surface area contributed by atoms with Crippen molar-refractivity contribution < 1.29 is 96.0 Å². The lowest BCUT2D eigenvalue weighted by Crippen LogP contribution is -2.60. The summed E-state index contributed by atoms with van der Waals surface area (Å²) in [5.74, 6) is -3.06. The molecule has 0 aliphatic carbocycles. The summed E-state index contributed by atoms with van der Waals surface area (Å²) in [6, 6.07) is 19.5. The highest BCUT2D eigenvalue weighted by Crippen LogP contribution is 2.39. The number of hydrogen-bond acceptors (Lipinski definition) is 23. The van der Waals surface area contributed by atoms with E-state index in [1.807, 2.05) is 56.6 Å². The van der Waals surface area contributed by atoms with E-state index in [0.717, 1.165) is 33.8 Å². The first kappa shape index (κ1) is 87.9. The van der Waals surface area contributed by atoms with Gasteiger partial charge in [0, 0.05) is 145 Å². The first-order valence-corrected chi connectivity index (χ1v) is 38.5. The van der Waals surface area contributed by atoms with Crippen molar-refractivity contribution >= 4 is 58.6 Å². The van der Waals surface area contributed by atoms with Gasteiger partial charge in [0.25, 0.3) is 11.8 Å². The molecule has 3 aliphatic heterocycles. The molecule has 4 heterocycles. The molecule has 602 valence electrons. The molecule has 7 rings (SSSR count). The van der Waals surface area contributed by atoms with E-state index >= 15 is 0 Å². The Labute approximate surface area is 638 Å². The van der Waals surface area contributed by atoms with Gasteiger partial charge < -0.3 is 95.4 Å². The Morgan fingerprint density at radius 2 is 0.991 bits per heavy atom. The Bertz CT molecular complexity index is 3400. The molecule has 0 bridgehead atoms. The van der Waals surface area contributed by atoms with E-state index in [-0.39, 0.29) is 181 Å². The number of aromatic nitrogens is 3. The average Bonchev–Trinajstić information content (AvgIpc) is 1.33. The van der Waals surface area contributed by atoms with Gasteiger partial charge >= 0.3 is 0 Å². The van der Waals surface area contributed by atoms with E-state index in [1.165, 1.54) is 32.0 Å². The van der Waals surface area contributed by atoms with Crippen LogP contribution in [-0.2, 0) is 84.5 Å². The summed E-state index contributed by atoms with van der Waals surface area (Å²) >= 11 is 0. The average molecular weight is 1530 g/mol. The van der Waals surface area contributed by atoms with Gasteiger partial charge in [-0.3, -0.25) is 43.2 Å². The van der Waals surface area contributed by atoms with Gasteiger partial charge in [0.05, 0.1) is 108 Å². The van der Waals surface area contributed by atoms with Crippen LogP contribution in [-0.4, -0.2) is 233 Å². The van der Waals surface area contributed by atoms with E-state index < -0.39 is 60.9 Å². The number of anilines is 1. The van der Waals surface area contributed by atoms with Gasteiger partial charge in [-0.05, 0) is 81.2 Å². The predicted octanol–water partition coefficient (Wildman–Crippen LogP) is 5.01. The number of aliphatic hydroxyl groups excluding tert-OH is 2. The number of amides is 7. The number of aliphatic hydroxyl groups is 2. The van der Waals surface area contributed by atoms with Crippen molar-refractivity contribution in [3.63, 3.8) is 0 Å². The summed E-state index contributed by atoms with van der Waals surface area (Å²) in [7, 11) is 0. The number of Topliss-reactive ketones (excluding diaryl/α,β-unsaturated/α-hetero) is 2. The number of carbonyl (C=O) groups excluding carboxylic acids is 9. The zero-order valence-electron chi connectivity index (χ0n) is 64.0. The van der Waals surface area contributed by atoms with Crippen LogP contribution >= 0.6 is 0 Å². The van der Waals surface area contributed by atoms with Gasteiger partial charge in [-0.1, -0.05) is 75.4 Å². The molecule has 2 saturated heterocycles. The van der Waals surface area contributed by atoms with Crippen LogP contribution in [0.25, 0.3) is 22.5 Å². The van der Waals surface area contributed by atoms with Gasteiger partial charge in [0.1, 0.15) is 29.6 Å². The molecule has 31 heteroatoms. The number of nitrogens with one attached hydrogen (secondary N) is 8. The van der Waals surface area contributed by atoms with Gasteiger partial charge in [-0.25, -0.2) is 4.68 Å². The van der Waals surface area contributed by atoms with E-state index in [0.29, 0.717) is 104 Å². The quantitative estimate of drug-likeness (QED) is 0.0260. The highest BCUT2D eigenvalue weighted by Gasteiger charge is 2.44. The highest BCUT2D eigenvalue weighted by molar-refractivity contribution is 6.00. The summed E-state index contributed by atoms with van der Waals surface area (Å²) in [4.78, 5) is 115. The lowest BCUT2D eigenvalue weighted by Gasteiger charge is -2.43. The molecule has 10 atom stereocenters. The number of ether oxygens (including phenoxy) is 9. The molecule has 3 aromatic carbocycles. The Kier molecular flexibility index (Phi) is 38.9. The maximum Gasteiger partial charge on any atom is 0.251 e. The molecule has 10 unspecified atom stereocenters. The van der Waals surface area contributed by atoms with Gasteiger partial charge in [-0.15, -0.1) is 5.10 Å². The highest BCUT2D eigenvalue weighted by atomic mass is 16.7. The summed E-state index contributed by atoms with van der Waals surface area (Å²) in [5.41, 5.74) is 6.12. The number of hydrogen-bond donors (Lipinski definition) is 10. The number of nitrogens with zero attached hydrogens (tertiary/aromatic N) is 3. The maximum atomic E-state index is 13.6. The number of unbranched alkanes of at least 4 members (excludes halogenated alkanes) is 2. The summed E-state index contributed by atoms with van der Waals surface area (Å²) in [5, 5.41) is 53.4. The predicted molar refractivity (Wildman–Crippen MR) is 403 cm³/mol. The van der Waals surface area contributed by atoms with Crippen molar-refractivity contribution in [3.05, 3.63) is 83.4 Å². The number of para-hydroxylation sites is 1. The fourth-order valence-corrected chi connectivity index (χ4v) is 12.9. The zero-order chi connectivity index (χ0) is 78.3. The Morgan fingerprint density at radius 3 is 1.51 bits per heavy atom. The first-order valence-electron chi connectivity index (χ1n) is 38.5. The zero-order valence-corrected chi connectivity index (χ0v) is 64.0. The molecule has 4 aromatic rings. The molecule has 7 amide bonds. The van der Waals surface area contributed by atoms with Crippen LogP contribution in [0.4, 0.5) is 5.69 Å². The normalized spacial score (nSPS) is 20.0. The van der Waals surface area contributed by atoms with Crippen LogP contribution in [0.5, 0.6) is 5.75 Å². The number of benzene rings is 3. The number of rotatable bonds is 51. The second-order valence-corrected chi connectivity index (χ2v) is 27.4. The molecule has 1 aromatic heterocycles. The number of carbonyl (C=O) groups is 9. The van der Waals surface area contributed by atoms with Crippen LogP contribution in [0.15, 0.2) is 66.7 Å². The molecule has 10 N–H and O–H groups in total. The Morgan fingerprint density at radius 1 is 0.514 bits per heavy atom. The minimum Gasteiger partial charge on any atom is -0.492 e. The van der Waals surface area contributed by atoms with Gasteiger partial charge in [0.15, 0.2) is 12.6 Å². The van der Waals surface area contributed by atoms with Crippen molar-refractivity contribution in [2.24, 2.45) is 11.8 Å². The SMILES string of the molecule is CCC1OC(OCCCCC(=O)NCCCC(=O)CCNC(=O)c2cc(OCCNC(=O)CCOCCOCCOCCOCCn3nnc4c3-c3ccccc3NCc3ccccc3-4)cc(C(=O)NCCC(=O)CCCNC(=O)CCCCOC3OC(CC)C(O)C(C)C3NC(C)=O)c2)C(NC(C)=O)C(C)C1O. The Hall–Kier alpha value is -8.37. The van der Waals surface area contributed by atoms with Crippen molar-refractivity contribution in [1.29, 1.82) is 0 Å². The maximum absolute atomic E-state index is 13.6. The fraction of sp³-hybridized carbons (Fsp3) is 0.628. The smallest absolute Gasteiger partial charge is 0.251 e. The van der Waals surface area contributed by atoms with E-state index in [9.17, 15) is 53.4 Å². The minimum absolute atomic E-state index is 0.00547. The molecule has 3 aliphatic rings. The molecule has 0 radical (unpaired) electrons. The molecular weight excluding hydrogens is 1410 g/mol. The number of ketones is 2. The van der Waals surface area contributed by atoms with Crippen LogP contribution in [0, 0.1) is 11.8 Å². The largest absolute Gasteiger partial charge is 0.492 e. The third-order valence-corrected chi connectivity index (χ3v) is 19.0. The summed E-state index contributed by atoms with van der Waals surface area (Å²) in [6.07, 6.45) is 1.10. The third-order valence-electron chi connectivity index (χ3n) is 19.0. The van der Waals surface area contributed by atoms with Crippen molar-refractivity contribution in [2.75, 3.05) is 111 Å². The lowest BCUT2D eigenvalue weighted by atomic mass is 9.87. The molecular formula is C78H115N11O20. The lowest BCUT2D eigenvalue weighted by molar-refractivity contribution is -0.251.